The number of alkyl halides is 3. The summed E-state index contributed by atoms with van der Waals surface area (Å²) in [5.41, 5.74) is 6.63. The quantitative estimate of drug-likeness (QED) is 0.387. The normalized spacial score (nSPS) is 12.8. The molecule has 0 spiro atoms. The molecule has 0 aliphatic heterocycles. The highest BCUT2D eigenvalue weighted by Crippen LogP contribution is 2.36. The van der Waals surface area contributed by atoms with E-state index in [0.717, 1.165) is 33.3 Å². The highest BCUT2D eigenvalue weighted by Gasteiger charge is 2.33. The lowest BCUT2D eigenvalue weighted by molar-refractivity contribution is -0.138. The monoisotopic (exact) mass is 444 g/mol. The van der Waals surface area contributed by atoms with Crippen molar-refractivity contribution in [1.29, 1.82) is 0 Å². The maximum absolute atomic E-state index is 12.7. The first-order chi connectivity index (χ1) is 14.8. The third-order valence-electron chi connectivity index (χ3n) is 4.81. The van der Waals surface area contributed by atoms with Crippen LogP contribution in [0.1, 0.15) is 11.1 Å². The summed E-state index contributed by atoms with van der Waals surface area (Å²) < 4.78 is 38.2. The number of pyridine rings is 1. The van der Waals surface area contributed by atoms with Gasteiger partial charge in [0.1, 0.15) is 5.75 Å². The minimum absolute atomic E-state index is 0.314. The van der Waals surface area contributed by atoms with Crippen molar-refractivity contribution in [3.8, 4) is 16.2 Å². The minimum Gasteiger partial charge on any atom is -0.507 e. The van der Waals surface area contributed by atoms with Crippen molar-refractivity contribution in [3.05, 3.63) is 72.2 Å². The van der Waals surface area contributed by atoms with E-state index in [0.29, 0.717) is 23.7 Å². The molecule has 5 nitrogen and oxygen atoms in total. The van der Waals surface area contributed by atoms with Crippen molar-refractivity contribution in [2.75, 3.05) is 11.9 Å². The Labute approximate surface area is 180 Å². The van der Waals surface area contributed by atoms with E-state index >= 15 is 0 Å². The summed E-state index contributed by atoms with van der Waals surface area (Å²) in [7, 11) is 0. The smallest absolute Gasteiger partial charge is 0.419 e. The Kier molecular flexibility index (Phi) is 5.79. The van der Waals surface area contributed by atoms with Crippen molar-refractivity contribution in [1.82, 2.24) is 9.97 Å². The molecule has 0 radical (unpaired) electrons. The van der Waals surface area contributed by atoms with E-state index in [1.54, 1.807) is 12.4 Å². The molecule has 0 fully saturated rings. The summed E-state index contributed by atoms with van der Waals surface area (Å²) in [6.07, 6.45) is 1.08. The topological polar surface area (TPSA) is 84.1 Å². The fourth-order valence-electron chi connectivity index (χ4n) is 3.26. The molecular weight excluding hydrogens is 425 g/mol. The van der Waals surface area contributed by atoms with E-state index in [-0.39, 0.29) is 6.04 Å². The number of phenols is 1. The lowest BCUT2D eigenvalue weighted by Crippen LogP contribution is -2.31. The van der Waals surface area contributed by atoms with E-state index in [4.69, 9.17) is 5.73 Å². The summed E-state index contributed by atoms with van der Waals surface area (Å²) in [5, 5.41) is 15.7. The van der Waals surface area contributed by atoms with Gasteiger partial charge in [0, 0.05) is 36.6 Å². The maximum Gasteiger partial charge on any atom is 0.419 e. The number of halogens is 3. The second-order valence-corrected chi connectivity index (χ2v) is 8.19. The molecule has 0 saturated heterocycles. The van der Waals surface area contributed by atoms with Crippen molar-refractivity contribution >= 4 is 27.2 Å². The van der Waals surface area contributed by atoms with Gasteiger partial charge in [-0.2, -0.15) is 13.2 Å². The van der Waals surface area contributed by atoms with E-state index < -0.39 is 17.5 Å². The van der Waals surface area contributed by atoms with E-state index in [9.17, 15) is 18.3 Å². The molecule has 0 amide bonds. The number of fused-ring (bicyclic) bond motifs is 1. The fourth-order valence-corrected chi connectivity index (χ4v) is 4.08. The van der Waals surface area contributed by atoms with Gasteiger partial charge in [0.05, 0.1) is 10.4 Å². The minimum atomic E-state index is -4.59. The van der Waals surface area contributed by atoms with Crippen molar-refractivity contribution in [3.63, 3.8) is 0 Å². The van der Waals surface area contributed by atoms with Crippen LogP contribution < -0.4 is 11.1 Å². The van der Waals surface area contributed by atoms with Crippen LogP contribution in [0.2, 0.25) is 0 Å². The first-order valence-corrected chi connectivity index (χ1v) is 10.3. The van der Waals surface area contributed by atoms with Gasteiger partial charge in [-0.05, 0) is 47.2 Å². The zero-order chi connectivity index (χ0) is 22.0. The number of nitrogens with one attached hydrogen (secondary N) is 1. The first kappa shape index (κ1) is 21.1. The van der Waals surface area contributed by atoms with Crippen LogP contribution in [0.25, 0.3) is 21.2 Å². The number of nitrogens with two attached hydrogens (primary N) is 1. The lowest BCUT2D eigenvalue weighted by atomic mass is 10.0. The molecule has 1 atom stereocenters. The standard InChI is InChI=1S/C22H19F3N4OS/c23-22(24,25)18-4-1-13(8-19(18)30)7-17(26)11-28-21-29-12-20(31-21)15-3-2-14-5-6-27-10-16(14)9-15/h1-6,8-10,12,17,30H,7,11,26H2,(H,28,29)/t17-/m0/s1. The Morgan fingerprint density at radius 1 is 1.06 bits per heavy atom. The van der Waals surface area contributed by atoms with Crippen molar-refractivity contribution in [2.45, 2.75) is 18.6 Å². The van der Waals surface area contributed by atoms with Crippen LogP contribution in [0.3, 0.4) is 0 Å². The number of benzene rings is 2. The molecule has 2 aromatic carbocycles. The van der Waals surface area contributed by atoms with Crippen LogP contribution in [0.15, 0.2) is 61.1 Å². The molecular formula is C22H19F3N4OS. The number of hydrogen-bond acceptors (Lipinski definition) is 6. The fraction of sp³-hybridized carbons (Fsp3) is 0.182. The summed E-state index contributed by atoms with van der Waals surface area (Å²) in [4.78, 5) is 9.52. The molecule has 4 rings (SSSR count). The lowest BCUT2D eigenvalue weighted by Gasteiger charge is -2.14. The van der Waals surface area contributed by atoms with Crippen LogP contribution in [0.5, 0.6) is 5.75 Å². The summed E-state index contributed by atoms with van der Waals surface area (Å²) >= 11 is 1.49. The predicted molar refractivity (Wildman–Crippen MR) is 116 cm³/mol. The molecule has 4 aromatic rings. The third kappa shape index (κ3) is 4.95. The Morgan fingerprint density at radius 2 is 1.90 bits per heavy atom. The number of rotatable bonds is 6. The average Bonchev–Trinajstić information content (AvgIpc) is 3.20. The average molecular weight is 444 g/mol. The summed E-state index contributed by atoms with van der Waals surface area (Å²) in [5.74, 6) is -0.791. The Hall–Kier alpha value is -3.17. The van der Waals surface area contributed by atoms with Crippen LogP contribution in [-0.2, 0) is 12.6 Å². The van der Waals surface area contributed by atoms with Gasteiger partial charge in [-0.3, -0.25) is 4.98 Å². The molecule has 2 aromatic heterocycles. The van der Waals surface area contributed by atoms with Crippen LogP contribution in [0, 0.1) is 0 Å². The second kappa shape index (κ2) is 8.52. The molecule has 0 saturated carbocycles. The zero-order valence-corrected chi connectivity index (χ0v) is 17.0. The number of hydrogen-bond donors (Lipinski definition) is 3. The predicted octanol–water partition coefficient (Wildman–Crippen LogP) is 5.06. The van der Waals surface area contributed by atoms with Crippen LogP contribution >= 0.6 is 11.3 Å². The molecule has 9 heteroatoms. The second-order valence-electron chi connectivity index (χ2n) is 7.16. The molecule has 0 bridgehead atoms. The highest BCUT2D eigenvalue weighted by atomic mass is 32.1. The Bertz CT molecular complexity index is 1210. The van der Waals surface area contributed by atoms with Gasteiger partial charge in [0.2, 0.25) is 0 Å². The van der Waals surface area contributed by atoms with Crippen molar-refractivity contribution in [2.24, 2.45) is 5.73 Å². The number of nitrogens with zero attached hydrogens (tertiary/aromatic N) is 2. The summed E-state index contributed by atoms with van der Waals surface area (Å²) in [6.45, 7) is 0.385. The molecule has 160 valence electrons. The number of anilines is 1. The van der Waals surface area contributed by atoms with Gasteiger partial charge in [-0.1, -0.05) is 29.5 Å². The van der Waals surface area contributed by atoms with E-state index in [1.165, 1.54) is 17.4 Å². The van der Waals surface area contributed by atoms with Gasteiger partial charge in [0.25, 0.3) is 0 Å². The largest absolute Gasteiger partial charge is 0.507 e. The highest BCUT2D eigenvalue weighted by molar-refractivity contribution is 7.18. The molecule has 4 N–H and O–H groups in total. The molecule has 31 heavy (non-hydrogen) atoms. The molecule has 0 aliphatic rings. The molecule has 0 aliphatic carbocycles. The number of thiazole rings is 1. The van der Waals surface area contributed by atoms with Gasteiger partial charge in [-0.15, -0.1) is 0 Å². The number of aromatic hydroxyl groups is 1. The molecule has 2 heterocycles. The summed E-state index contributed by atoms with van der Waals surface area (Å²) in [6, 6.07) is 11.0. The van der Waals surface area contributed by atoms with E-state index in [2.05, 4.69) is 21.4 Å². The van der Waals surface area contributed by atoms with Gasteiger partial charge in [0.15, 0.2) is 5.13 Å². The molecule has 0 unspecified atom stereocenters. The van der Waals surface area contributed by atoms with Gasteiger partial charge >= 0.3 is 6.18 Å². The first-order valence-electron chi connectivity index (χ1n) is 9.48. The zero-order valence-electron chi connectivity index (χ0n) is 16.2. The number of phenolic OH excluding ortho intramolecular Hbond substituents is 1. The van der Waals surface area contributed by atoms with E-state index in [1.807, 2.05) is 24.4 Å². The Balaban J connectivity index is 1.37. The van der Waals surface area contributed by atoms with Gasteiger partial charge in [-0.25, -0.2) is 4.98 Å². The SMILES string of the molecule is N[C@H](CNc1ncc(-c2ccc3ccncc3c2)s1)Cc1ccc(C(F)(F)F)c(O)c1. The van der Waals surface area contributed by atoms with Crippen molar-refractivity contribution < 1.29 is 18.3 Å². The Morgan fingerprint density at radius 3 is 2.68 bits per heavy atom. The number of aromatic nitrogens is 2. The van der Waals surface area contributed by atoms with Crippen LogP contribution in [0.4, 0.5) is 18.3 Å². The maximum atomic E-state index is 12.7. The van der Waals surface area contributed by atoms with Gasteiger partial charge < -0.3 is 16.2 Å². The third-order valence-corrected chi connectivity index (χ3v) is 5.82. The van der Waals surface area contributed by atoms with Crippen LogP contribution in [-0.4, -0.2) is 27.7 Å².